The zero-order valence-corrected chi connectivity index (χ0v) is 17.1. The number of rotatable bonds is 5. The van der Waals surface area contributed by atoms with Crippen LogP contribution in [0.15, 0.2) is 47.3 Å². The molecule has 0 atom stereocenters. The largest absolute Gasteiger partial charge is 0.451 e. The van der Waals surface area contributed by atoms with Gasteiger partial charge in [0.15, 0.2) is 12.3 Å². The third-order valence-electron chi connectivity index (χ3n) is 4.07. The lowest BCUT2D eigenvalue weighted by atomic mass is 10.1. The Bertz CT molecular complexity index is 1160. The molecule has 29 heavy (non-hydrogen) atoms. The van der Waals surface area contributed by atoms with Gasteiger partial charge in [-0.25, -0.2) is 9.48 Å². The van der Waals surface area contributed by atoms with Crippen LogP contribution >= 0.6 is 23.2 Å². The highest BCUT2D eigenvalue weighted by atomic mass is 35.5. The molecule has 7 nitrogen and oxygen atoms in total. The molecule has 0 aliphatic rings. The first-order valence-corrected chi connectivity index (χ1v) is 9.47. The summed E-state index contributed by atoms with van der Waals surface area (Å²) in [5, 5.41) is 7.85. The molecule has 0 fully saturated rings. The van der Waals surface area contributed by atoms with Gasteiger partial charge in [0.25, 0.3) is 11.5 Å². The Balaban J connectivity index is 1.81. The fourth-order valence-corrected chi connectivity index (χ4v) is 3.04. The maximum atomic E-state index is 12.6. The molecule has 0 spiro atoms. The Morgan fingerprint density at radius 2 is 1.79 bits per heavy atom. The molecule has 3 aromatic rings. The average molecular weight is 434 g/mol. The van der Waals surface area contributed by atoms with Crippen molar-refractivity contribution in [2.45, 2.75) is 19.9 Å². The fourth-order valence-electron chi connectivity index (χ4n) is 2.69. The van der Waals surface area contributed by atoms with Gasteiger partial charge in [0.2, 0.25) is 0 Å². The SMILES string of the molecule is CC(C)n1nc(C(=O)OCC(=O)Nc2cccc(Cl)c2Cl)c2ccccc2c1=O. The van der Waals surface area contributed by atoms with Gasteiger partial charge in [-0.15, -0.1) is 0 Å². The Morgan fingerprint density at radius 3 is 2.48 bits per heavy atom. The molecule has 9 heteroatoms. The van der Waals surface area contributed by atoms with Crippen LogP contribution < -0.4 is 10.9 Å². The Kier molecular flexibility index (Phi) is 6.20. The van der Waals surface area contributed by atoms with E-state index in [4.69, 9.17) is 27.9 Å². The average Bonchev–Trinajstić information content (AvgIpc) is 2.70. The van der Waals surface area contributed by atoms with Crippen LogP contribution in [-0.4, -0.2) is 28.3 Å². The van der Waals surface area contributed by atoms with Crippen LogP contribution in [0.3, 0.4) is 0 Å². The smallest absolute Gasteiger partial charge is 0.359 e. The zero-order chi connectivity index (χ0) is 21.1. The lowest BCUT2D eigenvalue weighted by molar-refractivity contribution is -0.119. The van der Waals surface area contributed by atoms with Crippen molar-refractivity contribution < 1.29 is 14.3 Å². The van der Waals surface area contributed by atoms with E-state index in [9.17, 15) is 14.4 Å². The molecule has 150 valence electrons. The van der Waals surface area contributed by atoms with E-state index >= 15 is 0 Å². The van der Waals surface area contributed by atoms with E-state index in [1.165, 1.54) is 4.68 Å². The van der Waals surface area contributed by atoms with E-state index in [1.807, 2.05) is 0 Å². The van der Waals surface area contributed by atoms with Crippen molar-refractivity contribution in [3.63, 3.8) is 0 Å². The first-order valence-electron chi connectivity index (χ1n) is 8.72. The molecule has 0 bridgehead atoms. The number of amides is 1. The molecule has 0 saturated heterocycles. The zero-order valence-electron chi connectivity index (χ0n) is 15.6. The number of carbonyl (C=O) groups excluding carboxylic acids is 2. The van der Waals surface area contributed by atoms with Crippen molar-refractivity contribution >= 4 is 51.5 Å². The monoisotopic (exact) mass is 433 g/mol. The van der Waals surface area contributed by atoms with Crippen LogP contribution in [0, 0.1) is 0 Å². The molecule has 1 heterocycles. The normalized spacial score (nSPS) is 10.9. The second-order valence-corrected chi connectivity index (χ2v) is 7.25. The number of ether oxygens (including phenoxy) is 1. The Hall–Kier alpha value is -2.90. The molecule has 1 amide bonds. The van der Waals surface area contributed by atoms with Crippen molar-refractivity contribution in [3.8, 4) is 0 Å². The topological polar surface area (TPSA) is 90.3 Å². The maximum absolute atomic E-state index is 12.6. The molecule has 0 saturated carbocycles. The summed E-state index contributed by atoms with van der Waals surface area (Å²) in [7, 11) is 0. The van der Waals surface area contributed by atoms with Crippen molar-refractivity contribution in [1.29, 1.82) is 0 Å². The fraction of sp³-hybridized carbons (Fsp3) is 0.200. The standard InChI is InChI=1S/C20H17Cl2N3O4/c1-11(2)25-19(27)13-7-4-3-6-12(13)18(24-25)20(28)29-10-16(26)23-15-9-5-8-14(21)17(15)22/h3-9,11H,10H2,1-2H3,(H,23,26). The van der Waals surface area contributed by atoms with Crippen LogP contribution in [0.2, 0.25) is 10.0 Å². The number of halogens is 2. The summed E-state index contributed by atoms with van der Waals surface area (Å²) in [6.45, 7) is 3.00. The summed E-state index contributed by atoms with van der Waals surface area (Å²) in [5.74, 6) is -1.41. The van der Waals surface area contributed by atoms with Crippen molar-refractivity contribution in [2.24, 2.45) is 0 Å². The second-order valence-electron chi connectivity index (χ2n) is 6.46. The van der Waals surface area contributed by atoms with Gasteiger partial charge in [-0.1, -0.05) is 47.5 Å². The van der Waals surface area contributed by atoms with Crippen LogP contribution in [0.5, 0.6) is 0 Å². The highest BCUT2D eigenvalue weighted by Gasteiger charge is 2.20. The molecular weight excluding hydrogens is 417 g/mol. The Morgan fingerprint density at radius 1 is 1.10 bits per heavy atom. The first-order chi connectivity index (χ1) is 13.8. The minimum absolute atomic E-state index is 0.0394. The molecule has 0 aliphatic heterocycles. The number of fused-ring (bicyclic) bond motifs is 1. The Labute approximate surface area is 176 Å². The van der Waals surface area contributed by atoms with Gasteiger partial charge in [0.1, 0.15) is 0 Å². The van der Waals surface area contributed by atoms with Gasteiger partial charge in [-0.3, -0.25) is 9.59 Å². The molecule has 0 radical (unpaired) electrons. The highest BCUT2D eigenvalue weighted by Crippen LogP contribution is 2.29. The third-order valence-corrected chi connectivity index (χ3v) is 4.89. The van der Waals surface area contributed by atoms with Crippen molar-refractivity contribution in [1.82, 2.24) is 9.78 Å². The molecule has 2 aromatic carbocycles. The van der Waals surface area contributed by atoms with Crippen LogP contribution in [0.4, 0.5) is 5.69 Å². The molecular formula is C20H17Cl2N3O4. The van der Waals surface area contributed by atoms with Crippen molar-refractivity contribution in [3.05, 3.63) is 68.6 Å². The summed E-state index contributed by atoms with van der Waals surface area (Å²) in [4.78, 5) is 37.3. The number of aromatic nitrogens is 2. The van der Waals surface area contributed by atoms with Crippen LogP contribution in [-0.2, 0) is 9.53 Å². The van der Waals surface area contributed by atoms with Gasteiger partial charge >= 0.3 is 5.97 Å². The summed E-state index contributed by atoms with van der Waals surface area (Å²) in [5.41, 5.74) is -0.0415. The maximum Gasteiger partial charge on any atom is 0.359 e. The number of hydrogen-bond acceptors (Lipinski definition) is 5. The number of anilines is 1. The lowest BCUT2D eigenvalue weighted by Crippen LogP contribution is -2.28. The predicted octanol–water partition coefficient (Wildman–Crippen LogP) is 4.08. The minimum atomic E-state index is -0.817. The third kappa shape index (κ3) is 4.41. The summed E-state index contributed by atoms with van der Waals surface area (Å²) in [6.07, 6.45) is 0. The summed E-state index contributed by atoms with van der Waals surface area (Å²) in [6, 6.07) is 11.1. The van der Waals surface area contributed by atoms with E-state index in [-0.39, 0.29) is 27.3 Å². The molecule has 1 aromatic heterocycles. The van der Waals surface area contributed by atoms with Gasteiger partial charge in [0, 0.05) is 5.39 Å². The minimum Gasteiger partial charge on any atom is -0.451 e. The van der Waals surface area contributed by atoms with E-state index in [0.717, 1.165) is 0 Å². The van der Waals surface area contributed by atoms with Gasteiger partial charge in [-0.2, -0.15) is 5.10 Å². The van der Waals surface area contributed by atoms with E-state index < -0.39 is 18.5 Å². The predicted molar refractivity (Wildman–Crippen MR) is 112 cm³/mol. The number of carbonyl (C=O) groups is 2. The van der Waals surface area contributed by atoms with E-state index in [1.54, 1.807) is 56.3 Å². The molecule has 0 aliphatic carbocycles. The summed E-state index contributed by atoms with van der Waals surface area (Å²) < 4.78 is 6.32. The first kappa shape index (κ1) is 20.8. The van der Waals surface area contributed by atoms with Crippen LogP contribution in [0.1, 0.15) is 30.4 Å². The van der Waals surface area contributed by atoms with E-state index in [0.29, 0.717) is 16.5 Å². The molecule has 0 unspecified atom stereocenters. The van der Waals surface area contributed by atoms with E-state index in [2.05, 4.69) is 10.4 Å². The van der Waals surface area contributed by atoms with Crippen molar-refractivity contribution in [2.75, 3.05) is 11.9 Å². The molecule has 1 N–H and O–H groups in total. The number of nitrogens with one attached hydrogen (secondary N) is 1. The number of nitrogens with zero attached hydrogens (tertiary/aromatic N) is 2. The van der Waals surface area contributed by atoms with Crippen LogP contribution in [0.25, 0.3) is 10.8 Å². The second kappa shape index (κ2) is 8.63. The van der Waals surface area contributed by atoms with Gasteiger partial charge in [-0.05, 0) is 32.0 Å². The highest BCUT2D eigenvalue weighted by molar-refractivity contribution is 6.44. The summed E-state index contributed by atoms with van der Waals surface area (Å²) >= 11 is 11.9. The van der Waals surface area contributed by atoms with Gasteiger partial charge in [0.05, 0.1) is 27.2 Å². The lowest BCUT2D eigenvalue weighted by Gasteiger charge is -2.13. The number of hydrogen-bond donors (Lipinski definition) is 1. The molecule has 3 rings (SSSR count). The van der Waals surface area contributed by atoms with Gasteiger partial charge < -0.3 is 10.1 Å². The number of benzene rings is 2. The quantitative estimate of drug-likeness (QED) is 0.612. The number of esters is 1.